The van der Waals surface area contributed by atoms with Crippen LogP contribution in [0.25, 0.3) is 0 Å². The van der Waals surface area contributed by atoms with Crippen LogP contribution in [0.3, 0.4) is 0 Å². The van der Waals surface area contributed by atoms with Crippen molar-refractivity contribution in [3.05, 3.63) is 30.1 Å². The number of rotatable bonds is 7. The lowest BCUT2D eigenvalue weighted by Gasteiger charge is -2.40. The van der Waals surface area contributed by atoms with Gasteiger partial charge in [-0.1, -0.05) is 6.07 Å². The van der Waals surface area contributed by atoms with Crippen molar-refractivity contribution in [2.75, 3.05) is 26.8 Å². The fourth-order valence-electron chi connectivity index (χ4n) is 3.08. The quantitative estimate of drug-likeness (QED) is 0.828. The zero-order valence-corrected chi connectivity index (χ0v) is 13.5. The third-order valence-corrected chi connectivity index (χ3v) is 4.52. The molecule has 1 atom stereocenters. The molecule has 1 unspecified atom stereocenters. The summed E-state index contributed by atoms with van der Waals surface area (Å²) < 4.78 is 5.05. The number of likely N-dealkylation sites (tertiary alicyclic amines) is 1. The molecule has 6 nitrogen and oxygen atoms in total. The third-order valence-electron chi connectivity index (χ3n) is 4.52. The SMILES string of the molecule is COCCC1(C(=O)O)CCCN(C(=O)CCc2cccnc2)C1. The molecule has 1 fully saturated rings. The molecule has 1 aromatic heterocycles. The number of carboxylic acids is 1. The summed E-state index contributed by atoms with van der Waals surface area (Å²) in [5.41, 5.74) is 0.139. The van der Waals surface area contributed by atoms with Crippen LogP contribution in [0.5, 0.6) is 0 Å². The Balaban J connectivity index is 1.96. The van der Waals surface area contributed by atoms with E-state index in [1.54, 1.807) is 24.4 Å². The maximum atomic E-state index is 12.4. The molecule has 2 rings (SSSR count). The number of methoxy groups -OCH3 is 1. The van der Waals surface area contributed by atoms with Gasteiger partial charge >= 0.3 is 5.97 Å². The van der Waals surface area contributed by atoms with Gasteiger partial charge in [0.15, 0.2) is 0 Å². The molecule has 1 aromatic rings. The van der Waals surface area contributed by atoms with Gasteiger partial charge in [0.25, 0.3) is 0 Å². The van der Waals surface area contributed by atoms with Crippen LogP contribution >= 0.6 is 0 Å². The van der Waals surface area contributed by atoms with E-state index in [-0.39, 0.29) is 12.5 Å². The number of hydrogen-bond acceptors (Lipinski definition) is 4. The Morgan fingerprint density at radius 2 is 2.30 bits per heavy atom. The Kier molecular flexibility index (Phi) is 6.10. The van der Waals surface area contributed by atoms with Crippen molar-refractivity contribution in [2.45, 2.75) is 32.1 Å². The van der Waals surface area contributed by atoms with E-state index in [0.29, 0.717) is 45.3 Å². The van der Waals surface area contributed by atoms with Gasteiger partial charge in [0, 0.05) is 45.6 Å². The van der Waals surface area contributed by atoms with Crippen molar-refractivity contribution in [2.24, 2.45) is 5.41 Å². The van der Waals surface area contributed by atoms with Gasteiger partial charge in [-0.3, -0.25) is 14.6 Å². The van der Waals surface area contributed by atoms with Crippen LogP contribution in [0.15, 0.2) is 24.5 Å². The standard InChI is InChI=1S/C17H24N2O4/c1-23-11-8-17(16(21)22)7-3-10-19(13-17)15(20)6-5-14-4-2-9-18-12-14/h2,4,9,12H,3,5-8,10-11,13H2,1H3,(H,21,22). The van der Waals surface area contributed by atoms with Crippen molar-refractivity contribution in [3.8, 4) is 0 Å². The average molecular weight is 320 g/mol. The van der Waals surface area contributed by atoms with Crippen LogP contribution in [-0.2, 0) is 20.7 Å². The Bertz CT molecular complexity index is 535. The Morgan fingerprint density at radius 3 is 2.96 bits per heavy atom. The molecule has 0 bridgehead atoms. The van der Waals surface area contributed by atoms with Gasteiger partial charge in [-0.05, 0) is 37.3 Å². The van der Waals surface area contributed by atoms with Gasteiger partial charge in [-0.2, -0.15) is 0 Å². The number of aliphatic carboxylic acids is 1. The van der Waals surface area contributed by atoms with Gasteiger partial charge in [-0.15, -0.1) is 0 Å². The first kappa shape index (κ1) is 17.4. The number of aryl methyl sites for hydroxylation is 1. The number of amides is 1. The number of carbonyl (C=O) groups is 2. The van der Waals surface area contributed by atoms with Gasteiger partial charge in [0.1, 0.15) is 0 Å². The fraction of sp³-hybridized carbons (Fsp3) is 0.588. The molecule has 1 amide bonds. The molecule has 1 N–H and O–H groups in total. The zero-order valence-electron chi connectivity index (χ0n) is 13.5. The highest BCUT2D eigenvalue weighted by Gasteiger charge is 2.43. The molecule has 23 heavy (non-hydrogen) atoms. The molecule has 1 saturated heterocycles. The summed E-state index contributed by atoms with van der Waals surface area (Å²) in [4.78, 5) is 29.9. The molecule has 0 radical (unpaired) electrons. The Morgan fingerprint density at radius 1 is 1.48 bits per heavy atom. The van der Waals surface area contributed by atoms with Gasteiger partial charge < -0.3 is 14.7 Å². The minimum Gasteiger partial charge on any atom is -0.481 e. The molecule has 2 heterocycles. The fourth-order valence-corrected chi connectivity index (χ4v) is 3.08. The summed E-state index contributed by atoms with van der Waals surface area (Å²) >= 11 is 0. The van der Waals surface area contributed by atoms with Crippen LogP contribution in [0.1, 0.15) is 31.2 Å². The maximum absolute atomic E-state index is 12.4. The third kappa shape index (κ3) is 4.51. The number of carbonyl (C=O) groups excluding carboxylic acids is 1. The van der Waals surface area contributed by atoms with E-state index in [9.17, 15) is 14.7 Å². The lowest BCUT2D eigenvalue weighted by atomic mass is 9.77. The average Bonchev–Trinajstić information content (AvgIpc) is 2.59. The van der Waals surface area contributed by atoms with Crippen molar-refractivity contribution >= 4 is 11.9 Å². The van der Waals surface area contributed by atoms with Crippen LogP contribution in [0, 0.1) is 5.41 Å². The number of ether oxygens (including phenoxy) is 1. The molecule has 1 aliphatic heterocycles. The molecular formula is C17H24N2O4. The molecule has 0 aromatic carbocycles. The molecule has 1 aliphatic rings. The number of nitrogens with zero attached hydrogens (tertiary/aromatic N) is 2. The van der Waals surface area contributed by atoms with E-state index in [1.165, 1.54) is 0 Å². The molecule has 0 saturated carbocycles. The number of carboxylic acid groups (broad SMARTS) is 1. The minimum atomic E-state index is -0.877. The molecule has 6 heteroatoms. The van der Waals surface area contributed by atoms with Crippen LogP contribution in [-0.4, -0.2) is 53.7 Å². The lowest BCUT2D eigenvalue weighted by Crippen LogP contribution is -2.50. The van der Waals surface area contributed by atoms with Crippen molar-refractivity contribution in [1.82, 2.24) is 9.88 Å². The summed E-state index contributed by atoms with van der Waals surface area (Å²) in [5.74, 6) is -0.823. The van der Waals surface area contributed by atoms with Gasteiger partial charge in [0.05, 0.1) is 5.41 Å². The molecule has 0 aliphatic carbocycles. The van der Waals surface area contributed by atoms with Crippen LogP contribution in [0.4, 0.5) is 0 Å². The Hall–Kier alpha value is -1.95. The Labute approximate surface area is 136 Å². The first-order valence-electron chi connectivity index (χ1n) is 7.96. The smallest absolute Gasteiger partial charge is 0.311 e. The second-order valence-corrected chi connectivity index (χ2v) is 6.11. The molecular weight excluding hydrogens is 296 g/mol. The van der Waals surface area contributed by atoms with Crippen molar-refractivity contribution in [1.29, 1.82) is 0 Å². The zero-order chi connectivity index (χ0) is 16.7. The predicted octanol–water partition coefficient (Wildman–Crippen LogP) is 1.74. The maximum Gasteiger partial charge on any atom is 0.311 e. The van der Waals surface area contributed by atoms with Gasteiger partial charge in [-0.25, -0.2) is 0 Å². The number of hydrogen-bond donors (Lipinski definition) is 1. The van der Waals surface area contributed by atoms with Crippen LogP contribution < -0.4 is 0 Å². The summed E-state index contributed by atoms with van der Waals surface area (Å²) in [7, 11) is 1.56. The highest BCUT2D eigenvalue weighted by molar-refractivity contribution is 5.80. The summed E-state index contributed by atoms with van der Waals surface area (Å²) in [6.45, 7) is 1.30. The lowest BCUT2D eigenvalue weighted by molar-refractivity contribution is -0.156. The highest BCUT2D eigenvalue weighted by atomic mass is 16.5. The second-order valence-electron chi connectivity index (χ2n) is 6.11. The second kappa shape index (κ2) is 8.06. The van der Waals surface area contributed by atoms with E-state index in [4.69, 9.17) is 4.74 Å². The highest BCUT2D eigenvalue weighted by Crippen LogP contribution is 2.34. The van der Waals surface area contributed by atoms with Crippen molar-refractivity contribution < 1.29 is 19.4 Å². The van der Waals surface area contributed by atoms with E-state index >= 15 is 0 Å². The predicted molar refractivity (Wildman–Crippen MR) is 84.9 cm³/mol. The monoisotopic (exact) mass is 320 g/mol. The molecule has 0 spiro atoms. The van der Waals surface area contributed by atoms with E-state index < -0.39 is 11.4 Å². The molecule has 126 valence electrons. The van der Waals surface area contributed by atoms with E-state index in [0.717, 1.165) is 5.56 Å². The summed E-state index contributed by atoms with van der Waals surface area (Å²) in [6.07, 6.45) is 6.21. The number of aromatic nitrogens is 1. The first-order valence-corrected chi connectivity index (χ1v) is 7.96. The van der Waals surface area contributed by atoms with Crippen molar-refractivity contribution in [3.63, 3.8) is 0 Å². The normalized spacial score (nSPS) is 21.2. The largest absolute Gasteiger partial charge is 0.481 e. The summed E-state index contributed by atoms with van der Waals surface area (Å²) in [5, 5.41) is 9.62. The van der Waals surface area contributed by atoms with Gasteiger partial charge in [0.2, 0.25) is 5.91 Å². The minimum absolute atomic E-state index is 0.0107. The topological polar surface area (TPSA) is 79.7 Å². The van der Waals surface area contributed by atoms with E-state index in [2.05, 4.69) is 4.98 Å². The van der Waals surface area contributed by atoms with Crippen LogP contribution in [0.2, 0.25) is 0 Å². The first-order chi connectivity index (χ1) is 11.1. The number of pyridine rings is 1. The summed E-state index contributed by atoms with van der Waals surface area (Å²) in [6, 6.07) is 3.79. The number of piperidine rings is 1. The van der Waals surface area contributed by atoms with E-state index in [1.807, 2.05) is 12.1 Å².